The van der Waals surface area contributed by atoms with Crippen LogP contribution in [0.15, 0.2) is 36.5 Å². The van der Waals surface area contributed by atoms with Gasteiger partial charge in [0.1, 0.15) is 24.4 Å². The van der Waals surface area contributed by atoms with Crippen molar-refractivity contribution < 1.29 is 39.8 Å². The number of amides is 1. The number of rotatable bonds is 30. The van der Waals surface area contributed by atoms with Crippen molar-refractivity contribution in [2.24, 2.45) is 0 Å². The van der Waals surface area contributed by atoms with E-state index in [-0.39, 0.29) is 12.5 Å². The molecular formula is C39H71NO8. The standard InChI is InChI=1S/C39H71NO8/c1-3-5-7-9-11-13-14-15-16-17-18-19-21-22-24-26-28-33(42)32(31-47-39-38(46)37(45)36(44)34(30-41)48-39)40-35(43)29-27-25-23-20-12-10-8-6-4-2/h15-16,19,21,26,28,32-34,36-39,41-42,44-46H,3-14,17-18,20,22-25,27,29-31H2,1-2H3,(H,40,43)/b16-15+,21-19+,28-26+. The lowest BCUT2D eigenvalue weighted by Crippen LogP contribution is -2.60. The van der Waals surface area contributed by atoms with Crippen molar-refractivity contribution in [1.29, 1.82) is 0 Å². The van der Waals surface area contributed by atoms with Gasteiger partial charge in [0.05, 0.1) is 25.4 Å². The first-order valence-electron chi connectivity index (χ1n) is 19.2. The molecule has 1 rings (SSSR count). The molecule has 0 saturated carbocycles. The average molecular weight is 682 g/mol. The zero-order chi connectivity index (χ0) is 35.2. The third kappa shape index (κ3) is 21.5. The molecule has 0 aromatic rings. The van der Waals surface area contributed by atoms with E-state index < -0.39 is 49.5 Å². The van der Waals surface area contributed by atoms with Crippen molar-refractivity contribution in [3.05, 3.63) is 36.5 Å². The monoisotopic (exact) mass is 682 g/mol. The van der Waals surface area contributed by atoms with Crippen LogP contribution in [0, 0.1) is 0 Å². The Hall–Kier alpha value is -1.59. The molecule has 6 N–H and O–H groups in total. The predicted molar refractivity (Wildman–Crippen MR) is 193 cm³/mol. The molecule has 1 amide bonds. The minimum absolute atomic E-state index is 0.197. The van der Waals surface area contributed by atoms with Crippen LogP contribution in [0.3, 0.4) is 0 Å². The molecular weight excluding hydrogens is 610 g/mol. The summed E-state index contributed by atoms with van der Waals surface area (Å²) in [7, 11) is 0. The fraction of sp³-hybridized carbons (Fsp3) is 0.821. The summed E-state index contributed by atoms with van der Waals surface area (Å²) in [4.78, 5) is 12.8. The summed E-state index contributed by atoms with van der Waals surface area (Å²) in [6.45, 7) is 3.68. The van der Waals surface area contributed by atoms with Gasteiger partial charge in [-0.3, -0.25) is 4.79 Å². The van der Waals surface area contributed by atoms with Crippen molar-refractivity contribution in [2.45, 2.75) is 192 Å². The lowest BCUT2D eigenvalue weighted by molar-refractivity contribution is -0.302. The van der Waals surface area contributed by atoms with Crippen molar-refractivity contribution in [1.82, 2.24) is 5.32 Å². The number of carbonyl (C=O) groups is 1. The Balaban J connectivity index is 2.50. The van der Waals surface area contributed by atoms with E-state index in [2.05, 4.69) is 43.5 Å². The highest BCUT2D eigenvalue weighted by Gasteiger charge is 2.44. The van der Waals surface area contributed by atoms with Gasteiger partial charge in [-0.15, -0.1) is 0 Å². The maximum Gasteiger partial charge on any atom is 0.220 e. The van der Waals surface area contributed by atoms with Gasteiger partial charge in [0, 0.05) is 6.42 Å². The van der Waals surface area contributed by atoms with Crippen LogP contribution in [0.2, 0.25) is 0 Å². The topological polar surface area (TPSA) is 149 Å². The second-order valence-corrected chi connectivity index (χ2v) is 13.4. The summed E-state index contributed by atoms with van der Waals surface area (Å²) >= 11 is 0. The molecule has 0 spiro atoms. The molecule has 1 aliphatic rings. The summed E-state index contributed by atoms with van der Waals surface area (Å²) < 4.78 is 11.1. The second kappa shape index (κ2) is 30.3. The molecule has 0 aliphatic carbocycles. The minimum atomic E-state index is -1.57. The van der Waals surface area contributed by atoms with Crippen LogP contribution < -0.4 is 5.32 Å². The number of hydrogen-bond acceptors (Lipinski definition) is 8. The number of unbranched alkanes of at least 4 members (excludes halogenated alkanes) is 16. The Morgan fingerprint density at radius 1 is 0.688 bits per heavy atom. The van der Waals surface area contributed by atoms with Crippen LogP contribution in [0.25, 0.3) is 0 Å². The lowest BCUT2D eigenvalue weighted by atomic mass is 9.99. The highest BCUT2D eigenvalue weighted by Crippen LogP contribution is 2.22. The van der Waals surface area contributed by atoms with E-state index in [9.17, 15) is 30.3 Å². The van der Waals surface area contributed by atoms with E-state index >= 15 is 0 Å². The largest absolute Gasteiger partial charge is 0.394 e. The van der Waals surface area contributed by atoms with Crippen LogP contribution in [-0.2, 0) is 14.3 Å². The molecule has 9 nitrogen and oxygen atoms in total. The van der Waals surface area contributed by atoms with E-state index in [0.717, 1.165) is 51.4 Å². The maximum absolute atomic E-state index is 12.8. The zero-order valence-corrected chi connectivity index (χ0v) is 30.2. The van der Waals surface area contributed by atoms with Crippen molar-refractivity contribution in [2.75, 3.05) is 13.2 Å². The highest BCUT2D eigenvalue weighted by molar-refractivity contribution is 5.76. The molecule has 1 fully saturated rings. The van der Waals surface area contributed by atoms with E-state index in [4.69, 9.17) is 9.47 Å². The number of hydrogen-bond donors (Lipinski definition) is 6. The summed E-state index contributed by atoms with van der Waals surface area (Å²) in [6.07, 6.45) is 27.6. The van der Waals surface area contributed by atoms with E-state index in [0.29, 0.717) is 6.42 Å². The van der Waals surface area contributed by atoms with Crippen LogP contribution in [0.5, 0.6) is 0 Å². The van der Waals surface area contributed by atoms with Gasteiger partial charge in [0.25, 0.3) is 0 Å². The van der Waals surface area contributed by atoms with Gasteiger partial charge >= 0.3 is 0 Å². The van der Waals surface area contributed by atoms with E-state index in [1.54, 1.807) is 6.08 Å². The average Bonchev–Trinajstić information content (AvgIpc) is 3.08. The molecule has 1 heterocycles. The molecule has 9 heteroatoms. The smallest absolute Gasteiger partial charge is 0.220 e. The first-order chi connectivity index (χ1) is 23.3. The quantitative estimate of drug-likeness (QED) is 0.0370. The summed E-state index contributed by atoms with van der Waals surface area (Å²) in [5, 5.41) is 53.8. The third-order valence-electron chi connectivity index (χ3n) is 8.95. The van der Waals surface area contributed by atoms with Gasteiger partial charge in [-0.2, -0.15) is 0 Å². The third-order valence-corrected chi connectivity index (χ3v) is 8.95. The molecule has 1 aliphatic heterocycles. The molecule has 7 unspecified atom stereocenters. The molecule has 7 atom stereocenters. The molecule has 1 saturated heterocycles. The van der Waals surface area contributed by atoms with Crippen LogP contribution in [0.1, 0.15) is 149 Å². The normalized spacial score (nSPS) is 23.0. The SMILES string of the molecule is CCCCCCCC/C=C/CC/C=C/CC/C=C/C(O)C(COC1OC(CO)C(O)C(O)C1O)NC(=O)CCCCCCCCCCC. The predicted octanol–water partition coefficient (Wildman–Crippen LogP) is 6.55. The van der Waals surface area contributed by atoms with E-state index in [1.165, 1.54) is 77.0 Å². The summed E-state index contributed by atoms with van der Waals surface area (Å²) in [5.74, 6) is -0.197. The Labute approximate surface area is 291 Å². The molecule has 0 aromatic carbocycles. The molecule has 48 heavy (non-hydrogen) atoms. The van der Waals surface area contributed by atoms with Gasteiger partial charge in [0.15, 0.2) is 6.29 Å². The first kappa shape index (κ1) is 44.4. The molecule has 0 aromatic heterocycles. The lowest BCUT2D eigenvalue weighted by Gasteiger charge is -2.40. The minimum Gasteiger partial charge on any atom is -0.394 e. The Bertz CT molecular complexity index is 848. The first-order valence-corrected chi connectivity index (χ1v) is 19.2. The van der Waals surface area contributed by atoms with Crippen molar-refractivity contribution in [3.8, 4) is 0 Å². The second-order valence-electron chi connectivity index (χ2n) is 13.4. The van der Waals surface area contributed by atoms with Gasteiger partial charge in [-0.05, 0) is 44.9 Å². The fourth-order valence-electron chi connectivity index (χ4n) is 5.77. The number of allylic oxidation sites excluding steroid dienone is 5. The van der Waals surface area contributed by atoms with Gasteiger partial charge in [0.2, 0.25) is 5.91 Å². The Morgan fingerprint density at radius 2 is 1.19 bits per heavy atom. The number of carbonyl (C=O) groups excluding carboxylic acids is 1. The summed E-state index contributed by atoms with van der Waals surface area (Å²) in [6, 6.07) is -0.821. The van der Waals surface area contributed by atoms with Crippen LogP contribution in [-0.4, -0.2) is 87.5 Å². The Kier molecular flexibility index (Phi) is 28.0. The van der Waals surface area contributed by atoms with Gasteiger partial charge in [-0.25, -0.2) is 0 Å². The van der Waals surface area contributed by atoms with Crippen LogP contribution >= 0.6 is 0 Å². The van der Waals surface area contributed by atoms with Gasteiger partial charge in [-0.1, -0.05) is 134 Å². The number of aliphatic hydroxyl groups excluding tert-OH is 5. The van der Waals surface area contributed by atoms with Crippen molar-refractivity contribution in [3.63, 3.8) is 0 Å². The summed E-state index contributed by atoms with van der Waals surface area (Å²) in [5.41, 5.74) is 0. The maximum atomic E-state index is 12.8. The van der Waals surface area contributed by atoms with E-state index in [1.807, 2.05) is 6.08 Å². The molecule has 280 valence electrons. The van der Waals surface area contributed by atoms with Crippen molar-refractivity contribution >= 4 is 5.91 Å². The zero-order valence-electron chi connectivity index (χ0n) is 30.2. The molecule has 0 bridgehead atoms. The van der Waals surface area contributed by atoms with Gasteiger partial charge < -0.3 is 40.3 Å². The molecule has 0 radical (unpaired) electrons. The van der Waals surface area contributed by atoms with Crippen LogP contribution in [0.4, 0.5) is 0 Å². The number of ether oxygens (including phenoxy) is 2. The fourth-order valence-corrected chi connectivity index (χ4v) is 5.77. The Morgan fingerprint density at radius 3 is 1.75 bits per heavy atom. The highest BCUT2D eigenvalue weighted by atomic mass is 16.7. The number of nitrogens with one attached hydrogen (secondary N) is 1. The number of aliphatic hydroxyl groups is 5.